The Bertz CT molecular complexity index is 871. The largest absolute Gasteiger partial charge is 0.485 e. The number of fused-ring (bicyclic) bond motifs is 1. The smallest absolute Gasteiger partial charge is 0.310 e. The monoisotopic (exact) mass is 373 g/mol. The number of ether oxygens (including phenoxy) is 3. The topological polar surface area (TPSA) is 129 Å². The molecule has 0 fully saturated rings. The molecule has 0 unspecified atom stereocenters. The van der Waals surface area contributed by atoms with Crippen LogP contribution in [0.15, 0.2) is 48.5 Å². The molecule has 1 heterocycles. The van der Waals surface area contributed by atoms with Gasteiger partial charge in [0.2, 0.25) is 6.10 Å². The molecule has 2 amide bonds. The van der Waals surface area contributed by atoms with E-state index >= 15 is 0 Å². The molecular formula is C17H15N3O7. The Hall–Kier alpha value is -3.82. The summed E-state index contributed by atoms with van der Waals surface area (Å²) in [6.07, 6.45) is -0.934. The summed E-state index contributed by atoms with van der Waals surface area (Å²) in [6.45, 7) is -0.526. The molecule has 140 valence electrons. The highest BCUT2D eigenvalue weighted by Gasteiger charge is 2.27. The van der Waals surface area contributed by atoms with Crippen LogP contribution in [0, 0.1) is 10.1 Å². The first-order valence-electron chi connectivity index (χ1n) is 7.88. The quantitative estimate of drug-likeness (QED) is 0.590. The molecule has 0 saturated heterocycles. The van der Waals surface area contributed by atoms with Crippen molar-refractivity contribution in [3.05, 3.63) is 58.6 Å². The second-order valence-electron chi connectivity index (χ2n) is 5.42. The number of hydrogen-bond acceptors (Lipinski definition) is 7. The van der Waals surface area contributed by atoms with Crippen molar-refractivity contribution in [2.75, 3.05) is 13.2 Å². The van der Waals surface area contributed by atoms with E-state index in [4.69, 9.17) is 14.2 Å². The van der Waals surface area contributed by atoms with E-state index in [-0.39, 0.29) is 18.0 Å². The molecule has 2 aromatic rings. The number of carbonyl (C=O) groups excluding carboxylic acids is 2. The summed E-state index contributed by atoms with van der Waals surface area (Å²) in [6, 6.07) is 12.5. The molecule has 1 aliphatic rings. The Morgan fingerprint density at radius 1 is 1.11 bits per heavy atom. The fraction of sp³-hybridized carbons (Fsp3) is 0.176. The molecule has 2 N–H and O–H groups in total. The van der Waals surface area contributed by atoms with Gasteiger partial charge in [0.1, 0.15) is 6.61 Å². The SMILES string of the molecule is O=C(COc1ccccc1[N+](=O)[O-])NNC(=O)[C@H]1COc2ccccc2O1. The van der Waals surface area contributed by atoms with E-state index in [1.165, 1.54) is 18.2 Å². The van der Waals surface area contributed by atoms with Crippen LogP contribution in [-0.4, -0.2) is 36.1 Å². The van der Waals surface area contributed by atoms with E-state index in [9.17, 15) is 19.7 Å². The summed E-state index contributed by atoms with van der Waals surface area (Å²) >= 11 is 0. The molecule has 10 nitrogen and oxygen atoms in total. The highest BCUT2D eigenvalue weighted by molar-refractivity contribution is 5.85. The maximum absolute atomic E-state index is 12.1. The van der Waals surface area contributed by atoms with Crippen molar-refractivity contribution in [3.8, 4) is 17.2 Å². The lowest BCUT2D eigenvalue weighted by molar-refractivity contribution is -0.385. The normalized spacial score (nSPS) is 14.7. The Balaban J connectivity index is 1.47. The molecule has 2 aromatic carbocycles. The van der Waals surface area contributed by atoms with E-state index in [0.29, 0.717) is 11.5 Å². The summed E-state index contributed by atoms with van der Waals surface area (Å²) in [5, 5.41) is 10.9. The maximum atomic E-state index is 12.1. The van der Waals surface area contributed by atoms with Crippen LogP contribution in [0.2, 0.25) is 0 Å². The predicted octanol–water partition coefficient (Wildman–Crippen LogP) is 0.961. The molecule has 0 saturated carbocycles. The summed E-state index contributed by atoms with van der Waals surface area (Å²) in [5.74, 6) is -0.398. The number of nitrogens with zero attached hydrogens (tertiary/aromatic N) is 1. The van der Waals surface area contributed by atoms with Crippen LogP contribution in [0.3, 0.4) is 0 Å². The van der Waals surface area contributed by atoms with E-state index in [2.05, 4.69) is 10.9 Å². The fourth-order valence-corrected chi connectivity index (χ4v) is 2.27. The third-order valence-electron chi connectivity index (χ3n) is 3.55. The van der Waals surface area contributed by atoms with Gasteiger partial charge in [0.25, 0.3) is 11.8 Å². The zero-order valence-corrected chi connectivity index (χ0v) is 13.9. The van der Waals surface area contributed by atoms with Gasteiger partial charge in [0.15, 0.2) is 23.9 Å². The standard InChI is InChI=1S/C17H15N3O7/c21-16(10-26-12-6-2-1-5-11(12)20(23)24)18-19-17(22)15-9-25-13-7-3-4-8-14(13)27-15/h1-8,15H,9-10H2,(H,18,21)(H,19,22)/t15-/m1/s1. The van der Waals surface area contributed by atoms with Gasteiger partial charge in [-0.25, -0.2) is 0 Å². The highest BCUT2D eigenvalue weighted by atomic mass is 16.6. The summed E-state index contributed by atoms with van der Waals surface area (Å²) in [4.78, 5) is 34.1. The van der Waals surface area contributed by atoms with Crippen molar-refractivity contribution in [2.45, 2.75) is 6.10 Å². The lowest BCUT2D eigenvalue weighted by Gasteiger charge is -2.25. The van der Waals surface area contributed by atoms with Gasteiger partial charge in [-0.05, 0) is 18.2 Å². The molecule has 3 rings (SSSR count). The Labute approximate surface area is 153 Å². The van der Waals surface area contributed by atoms with Crippen LogP contribution in [0.25, 0.3) is 0 Å². The van der Waals surface area contributed by atoms with Gasteiger partial charge in [-0.15, -0.1) is 0 Å². The van der Waals surface area contributed by atoms with Crippen LogP contribution in [-0.2, 0) is 9.59 Å². The number of benzene rings is 2. The number of carbonyl (C=O) groups is 2. The minimum Gasteiger partial charge on any atom is -0.485 e. The van der Waals surface area contributed by atoms with Crippen LogP contribution < -0.4 is 25.1 Å². The molecule has 0 spiro atoms. The maximum Gasteiger partial charge on any atom is 0.310 e. The number of amides is 2. The number of nitro groups is 1. The molecule has 0 aromatic heterocycles. The molecule has 0 bridgehead atoms. The minimum atomic E-state index is -0.934. The van der Waals surface area contributed by atoms with Crippen molar-refractivity contribution in [1.82, 2.24) is 10.9 Å². The van der Waals surface area contributed by atoms with E-state index in [1.807, 2.05) is 0 Å². The van der Waals surface area contributed by atoms with Gasteiger partial charge in [0, 0.05) is 6.07 Å². The average molecular weight is 373 g/mol. The van der Waals surface area contributed by atoms with Crippen molar-refractivity contribution in [3.63, 3.8) is 0 Å². The van der Waals surface area contributed by atoms with Crippen molar-refractivity contribution in [2.24, 2.45) is 0 Å². The van der Waals surface area contributed by atoms with Crippen LogP contribution in [0.4, 0.5) is 5.69 Å². The van der Waals surface area contributed by atoms with Gasteiger partial charge in [-0.1, -0.05) is 24.3 Å². The Kier molecular flexibility index (Phi) is 5.36. The predicted molar refractivity (Wildman–Crippen MR) is 91.2 cm³/mol. The van der Waals surface area contributed by atoms with Crippen LogP contribution in [0.1, 0.15) is 0 Å². The van der Waals surface area contributed by atoms with Gasteiger partial charge in [0.05, 0.1) is 4.92 Å². The number of hydrogen-bond donors (Lipinski definition) is 2. The second-order valence-corrected chi connectivity index (χ2v) is 5.42. The third-order valence-corrected chi connectivity index (χ3v) is 3.55. The van der Waals surface area contributed by atoms with E-state index < -0.39 is 29.4 Å². The van der Waals surface area contributed by atoms with Crippen LogP contribution >= 0.6 is 0 Å². The number of rotatable bonds is 5. The van der Waals surface area contributed by atoms with Crippen molar-refractivity contribution in [1.29, 1.82) is 0 Å². The van der Waals surface area contributed by atoms with E-state index in [1.54, 1.807) is 30.3 Å². The zero-order chi connectivity index (χ0) is 19.2. The molecule has 0 aliphatic carbocycles. The summed E-state index contributed by atoms with van der Waals surface area (Å²) < 4.78 is 16.0. The number of nitrogens with one attached hydrogen (secondary N) is 2. The molecule has 1 aliphatic heterocycles. The second kappa shape index (κ2) is 8.04. The number of hydrazine groups is 1. The summed E-state index contributed by atoms with van der Waals surface area (Å²) in [5.41, 5.74) is 4.09. The Morgan fingerprint density at radius 2 is 1.81 bits per heavy atom. The van der Waals surface area contributed by atoms with Gasteiger partial charge >= 0.3 is 5.69 Å². The molecule has 0 radical (unpaired) electrons. The van der Waals surface area contributed by atoms with Crippen LogP contribution in [0.5, 0.6) is 17.2 Å². The minimum absolute atomic E-state index is 0.00850. The summed E-state index contributed by atoms with van der Waals surface area (Å²) in [7, 11) is 0. The fourth-order valence-electron chi connectivity index (χ4n) is 2.27. The molecular weight excluding hydrogens is 358 g/mol. The Morgan fingerprint density at radius 3 is 2.59 bits per heavy atom. The molecule has 1 atom stereocenters. The average Bonchev–Trinajstić information content (AvgIpc) is 2.70. The van der Waals surface area contributed by atoms with Gasteiger partial charge < -0.3 is 14.2 Å². The molecule has 27 heavy (non-hydrogen) atoms. The van der Waals surface area contributed by atoms with Gasteiger partial charge in [-0.3, -0.25) is 30.6 Å². The lowest BCUT2D eigenvalue weighted by Crippen LogP contribution is -2.51. The number of nitro benzene ring substituents is 1. The highest BCUT2D eigenvalue weighted by Crippen LogP contribution is 2.30. The van der Waals surface area contributed by atoms with Crippen molar-refractivity contribution < 1.29 is 28.7 Å². The van der Waals surface area contributed by atoms with Gasteiger partial charge in [-0.2, -0.15) is 0 Å². The zero-order valence-electron chi connectivity index (χ0n) is 13.9. The third kappa shape index (κ3) is 4.42. The lowest BCUT2D eigenvalue weighted by atomic mass is 10.2. The molecule has 10 heteroatoms. The first kappa shape index (κ1) is 18.0. The first-order chi connectivity index (χ1) is 13.0. The van der Waals surface area contributed by atoms with Crippen molar-refractivity contribution >= 4 is 17.5 Å². The van der Waals surface area contributed by atoms with E-state index in [0.717, 1.165) is 0 Å². The number of para-hydroxylation sites is 4. The first-order valence-corrected chi connectivity index (χ1v) is 7.88.